The van der Waals surface area contributed by atoms with Crippen molar-refractivity contribution < 1.29 is 9.53 Å². The highest BCUT2D eigenvalue weighted by molar-refractivity contribution is 6.30. The molecule has 1 aromatic rings. The number of halogens is 1. The van der Waals surface area contributed by atoms with E-state index in [-0.39, 0.29) is 18.2 Å². The Kier molecular flexibility index (Phi) is 5.69. The van der Waals surface area contributed by atoms with Gasteiger partial charge in [-0.15, -0.1) is 0 Å². The van der Waals surface area contributed by atoms with E-state index in [4.69, 9.17) is 16.3 Å². The fraction of sp³-hybridized carbons (Fsp3) is 0.458. The summed E-state index contributed by atoms with van der Waals surface area (Å²) in [6.07, 6.45) is 8.28. The summed E-state index contributed by atoms with van der Waals surface area (Å²) in [5.41, 5.74) is 4.47. The highest BCUT2D eigenvalue weighted by Gasteiger charge is 2.37. The first-order valence-electron chi connectivity index (χ1n) is 10.6. The van der Waals surface area contributed by atoms with Crippen LogP contribution < -0.4 is 5.32 Å². The lowest BCUT2D eigenvalue weighted by atomic mass is 9.90. The molecule has 1 fully saturated rings. The molecule has 2 heterocycles. The number of amides is 1. The predicted octanol–water partition coefficient (Wildman–Crippen LogP) is 4.76. The number of carbonyl (C=O) groups is 1. The van der Waals surface area contributed by atoms with Crippen LogP contribution in [0.25, 0.3) is 5.57 Å². The third-order valence-corrected chi connectivity index (χ3v) is 6.07. The van der Waals surface area contributed by atoms with Gasteiger partial charge >= 0.3 is 6.09 Å². The zero-order chi connectivity index (χ0) is 21.5. The second kappa shape index (κ2) is 8.12. The van der Waals surface area contributed by atoms with Crippen molar-refractivity contribution in [1.29, 1.82) is 0 Å². The number of fused-ring (bicyclic) bond motifs is 2. The van der Waals surface area contributed by atoms with Gasteiger partial charge in [0, 0.05) is 31.2 Å². The number of rotatable bonds is 1. The van der Waals surface area contributed by atoms with Gasteiger partial charge in [0.05, 0.1) is 12.1 Å². The molecular formula is C24H30ClN3O2. The van der Waals surface area contributed by atoms with E-state index in [0.717, 1.165) is 18.1 Å². The number of nitrogens with one attached hydrogen (secondary N) is 1. The van der Waals surface area contributed by atoms with Gasteiger partial charge in [0.15, 0.2) is 0 Å². The number of allylic oxidation sites excluding steroid dienone is 3. The molecule has 2 atom stereocenters. The summed E-state index contributed by atoms with van der Waals surface area (Å²) >= 11 is 6.35. The lowest BCUT2D eigenvalue weighted by Gasteiger charge is -2.43. The number of hydrogen-bond acceptors (Lipinski definition) is 4. The fourth-order valence-corrected chi connectivity index (χ4v) is 4.65. The second-order valence-electron chi connectivity index (χ2n) is 9.18. The Hall–Kier alpha value is -2.24. The number of ether oxygens (including phenoxy) is 1. The maximum absolute atomic E-state index is 12.5. The highest BCUT2D eigenvalue weighted by atomic mass is 35.5. The molecule has 2 aliphatic heterocycles. The van der Waals surface area contributed by atoms with Gasteiger partial charge in [-0.3, -0.25) is 4.90 Å². The number of benzene rings is 1. The maximum Gasteiger partial charge on any atom is 0.410 e. The highest BCUT2D eigenvalue weighted by Crippen LogP contribution is 2.40. The molecule has 1 amide bonds. The summed E-state index contributed by atoms with van der Waals surface area (Å²) in [6, 6.07) is 6.51. The van der Waals surface area contributed by atoms with Crippen molar-refractivity contribution in [3.05, 3.63) is 64.3 Å². The summed E-state index contributed by atoms with van der Waals surface area (Å²) in [7, 11) is 0. The van der Waals surface area contributed by atoms with Gasteiger partial charge in [-0.25, -0.2) is 4.79 Å². The number of hydrogen-bond donors (Lipinski definition) is 1. The smallest absolute Gasteiger partial charge is 0.410 e. The van der Waals surface area contributed by atoms with Crippen molar-refractivity contribution in [2.75, 3.05) is 26.2 Å². The average Bonchev–Trinajstić information content (AvgIpc) is 2.81. The third-order valence-electron chi connectivity index (χ3n) is 5.84. The SMILES string of the molecule is CC1=CC2=CC=CNC2C(N2CCN(C(=O)OC(C)(C)C)CC2)c2ccc(Cl)cc21. The van der Waals surface area contributed by atoms with Crippen LogP contribution in [0.3, 0.4) is 0 Å². The molecule has 1 aromatic carbocycles. The summed E-state index contributed by atoms with van der Waals surface area (Å²) in [4.78, 5) is 16.8. The van der Waals surface area contributed by atoms with Crippen molar-refractivity contribution in [1.82, 2.24) is 15.1 Å². The molecule has 30 heavy (non-hydrogen) atoms. The Morgan fingerprint density at radius 2 is 1.93 bits per heavy atom. The molecular weight excluding hydrogens is 398 g/mol. The molecule has 2 unspecified atom stereocenters. The van der Waals surface area contributed by atoms with Crippen LogP contribution in [-0.2, 0) is 4.74 Å². The van der Waals surface area contributed by atoms with Crippen LogP contribution in [0, 0.1) is 0 Å². The molecule has 1 N–H and O–H groups in total. The molecule has 160 valence electrons. The molecule has 1 aliphatic carbocycles. The van der Waals surface area contributed by atoms with Crippen molar-refractivity contribution >= 4 is 23.3 Å². The topological polar surface area (TPSA) is 44.8 Å². The monoisotopic (exact) mass is 427 g/mol. The van der Waals surface area contributed by atoms with E-state index in [9.17, 15) is 4.79 Å². The minimum Gasteiger partial charge on any atom is -0.444 e. The van der Waals surface area contributed by atoms with Gasteiger partial charge in [-0.2, -0.15) is 0 Å². The van der Waals surface area contributed by atoms with Gasteiger partial charge < -0.3 is 15.0 Å². The Morgan fingerprint density at radius 1 is 1.20 bits per heavy atom. The van der Waals surface area contributed by atoms with Crippen LogP contribution in [0.15, 0.2) is 48.2 Å². The minimum absolute atomic E-state index is 0.153. The zero-order valence-electron chi connectivity index (χ0n) is 18.1. The molecule has 1 saturated heterocycles. The van der Waals surface area contributed by atoms with E-state index in [1.165, 1.54) is 22.3 Å². The molecule has 5 nitrogen and oxygen atoms in total. The van der Waals surface area contributed by atoms with Crippen molar-refractivity contribution in [2.45, 2.75) is 45.4 Å². The van der Waals surface area contributed by atoms with Gasteiger partial charge in [0.1, 0.15) is 5.60 Å². The molecule has 0 radical (unpaired) electrons. The summed E-state index contributed by atoms with van der Waals surface area (Å²) in [5.74, 6) is 0. The van der Waals surface area contributed by atoms with Crippen molar-refractivity contribution in [3.8, 4) is 0 Å². The second-order valence-corrected chi connectivity index (χ2v) is 9.61. The van der Waals surface area contributed by atoms with Gasteiger partial charge in [0.2, 0.25) is 0 Å². The Bertz CT molecular complexity index is 921. The largest absolute Gasteiger partial charge is 0.444 e. The van der Waals surface area contributed by atoms with Crippen LogP contribution in [0.5, 0.6) is 0 Å². The lowest BCUT2D eigenvalue weighted by Crippen LogP contribution is -2.54. The first-order chi connectivity index (χ1) is 14.2. The van der Waals surface area contributed by atoms with E-state index < -0.39 is 5.60 Å². The predicted molar refractivity (Wildman–Crippen MR) is 121 cm³/mol. The summed E-state index contributed by atoms with van der Waals surface area (Å²) < 4.78 is 5.56. The average molecular weight is 428 g/mol. The van der Waals surface area contributed by atoms with E-state index in [1.807, 2.05) is 37.9 Å². The van der Waals surface area contributed by atoms with Crippen LogP contribution in [0.1, 0.15) is 44.9 Å². The van der Waals surface area contributed by atoms with Crippen LogP contribution in [0.2, 0.25) is 5.02 Å². The van der Waals surface area contributed by atoms with Gasteiger partial charge in [-0.1, -0.05) is 29.8 Å². The number of carbonyl (C=O) groups excluding carboxylic acids is 1. The van der Waals surface area contributed by atoms with Gasteiger partial charge in [-0.05, 0) is 74.4 Å². The first kappa shape index (κ1) is 21.0. The maximum atomic E-state index is 12.5. The number of piperazine rings is 1. The standard InChI is InChI=1S/C24H30ClN3O2/c1-16-14-17-6-5-9-26-21(17)22(19-8-7-18(25)15-20(16)19)27-10-12-28(13-11-27)23(29)30-24(2,3)4/h5-9,14-15,21-22,26H,10-13H2,1-4H3. The van der Waals surface area contributed by atoms with Crippen LogP contribution >= 0.6 is 11.6 Å². The normalized spacial score (nSPS) is 24.1. The first-order valence-corrected chi connectivity index (χ1v) is 10.9. The Labute approximate surface area is 184 Å². The molecule has 0 spiro atoms. The van der Waals surface area contributed by atoms with E-state index in [0.29, 0.717) is 13.1 Å². The van der Waals surface area contributed by atoms with Crippen LogP contribution in [0.4, 0.5) is 4.79 Å². The molecule has 6 heteroatoms. The van der Waals surface area contributed by atoms with E-state index in [2.05, 4.69) is 47.5 Å². The molecule has 4 rings (SSSR count). The van der Waals surface area contributed by atoms with Crippen molar-refractivity contribution in [3.63, 3.8) is 0 Å². The molecule has 0 saturated carbocycles. The molecule has 0 aromatic heterocycles. The minimum atomic E-state index is -0.477. The Morgan fingerprint density at radius 3 is 2.63 bits per heavy atom. The zero-order valence-corrected chi connectivity index (χ0v) is 18.9. The molecule has 3 aliphatic rings. The number of dihydropyridines is 1. The van der Waals surface area contributed by atoms with Crippen LogP contribution in [-0.4, -0.2) is 53.7 Å². The van der Waals surface area contributed by atoms with Crippen molar-refractivity contribution in [2.24, 2.45) is 0 Å². The third kappa shape index (κ3) is 4.28. The summed E-state index contributed by atoms with van der Waals surface area (Å²) in [6.45, 7) is 10.7. The lowest BCUT2D eigenvalue weighted by molar-refractivity contribution is 0.00900. The molecule has 0 bridgehead atoms. The quantitative estimate of drug-likeness (QED) is 0.701. The summed E-state index contributed by atoms with van der Waals surface area (Å²) in [5, 5.41) is 4.33. The Balaban J connectivity index is 1.60. The number of nitrogens with zero attached hydrogens (tertiary/aromatic N) is 2. The van der Waals surface area contributed by atoms with E-state index in [1.54, 1.807) is 0 Å². The van der Waals surface area contributed by atoms with E-state index >= 15 is 0 Å². The van der Waals surface area contributed by atoms with Gasteiger partial charge in [0.25, 0.3) is 0 Å². The fourth-order valence-electron chi connectivity index (χ4n) is 4.48.